The highest BCUT2D eigenvalue weighted by Crippen LogP contribution is 2.28. The number of carbonyl (C=O) groups excluding carboxylic acids is 2. The fourth-order valence-electron chi connectivity index (χ4n) is 1.79. The molecular formula is C14H15FO4. The summed E-state index contributed by atoms with van der Waals surface area (Å²) in [6.07, 6.45) is 1.44. The highest BCUT2D eigenvalue weighted by Gasteiger charge is 2.36. The molecule has 5 heteroatoms. The van der Waals surface area contributed by atoms with Crippen molar-refractivity contribution in [1.29, 1.82) is 0 Å². The zero-order chi connectivity index (χ0) is 14.4. The first kappa shape index (κ1) is 14.9. The molecule has 1 aromatic rings. The van der Waals surface area contributed by atoms with Gasteiger partial charge in [-0.1, -0.05) is 18.2 Å². The van der Waals surface area contributed by atoms with E-state index in [1.54, 1.807) is 0 Å². The number of ether oxygens (including phenoxy) is 2. The zero-order valence-corrected chi connectivity index (χ0v) is 10.8. The van der Waals surface area contributed by atoms with Crippen LogP contribution in [0.25, 0.3) is 0 Å². The van der Waals surface area contributed by atoms with Gasteiger partial charge in [-0.2, -0.15) is 0 Å². The van der Waals surface area contributed by atoms with E-state index in [-0.39, 0.29) is 0 Å². The Morgan fingerprint density at radius 2 is 1.63 bits per heavy atom. The second-order valence-corrected chi connectivity index (χ2v) is 3.84. The maximum Gasteiger partial charge on any atom is 0.321 e. The van der Waals surface area contributed by atoms with Crippen LogP contribution in [0.15, 0.2) is 36.9 Å². The van der Waals surface area contributed by atoms with Crippen molar-refractivity contribution in [1.82, 2.24) is 0 Å². The van der Waals surface area contributed by atoms with E-state index < -0.39 is 29.6 Å². The van der Waals surface area contributed by atoms with Crippen LogP contribution < -0.4 is 0 Å². The zero-order valence-electron chi connectivity index (χ0n) is 10.8. The lowest BCUT2D eigenvalue weighted by atomic mass is 9.86. The van der Waals surface area contributed by atoms with Gasteiger partial charge in [0, 0.05) is 5.92 Å². The molecule has 0 saturated carbocycles. The third-order valence-electron chi connectivity index (χ3n) is 2.78. The van der Waals surface area contributed by atoms with Gasteiger partial charge >= 0.3 is 11.9 Å². The number of rotatable bonds is 5. The lowest BCUT2D eigenvalue weighted by molar-refractivity contribution is -0.159. The Bertz CT molecular complexity index is 451. The second-order valence-electron chi connectivity index (χ2n) is 3.84. The molecule has 0 spiro atoms. The third kappa shape index (κ3) is 3.40. The first-order chi connectivity index (χ1) is 9.04. The molecular weight excluding hydrogens is 251 g/mol. The number of esters is 2. The summed E-state index contributed by atoms with van der Waals surface area (Å²) in [4.78, 5) is 23.4. The molecule has 0 unspecified atom stereocenters. The average Bonchev–Trinajstić information content (AvgIpc) is 2.44. The standard InChI is InChI=1S/C14H15FO4/c1-4-11(9-5-7-10(15)8-6-9)12(13(16)18-2)14(17)19-3/h4-8,11-12H,1H2,2-3H3/t11-/m0/s1. The van der Waals surface area contributed by atoms with E-state index in [2.05, 4.69) is 16.1 Å². The molecule has 0 amide bonds. The molecule has 1 aromatic carbocycles. The van der Waals surface area contributed by atoms with E-state index in [4.69, 9.17) is 0 Å². The van der Waals surface area contributed by atoms with E-state index in [9.17, 15) is 14.0 Å². The van der Waals surface area contributed by atoms with Gasteiger partial charge in [0.05, 0.1) is 14.2 Å². The second kappa shape index (κ2) is 6.68. The third-order valence-corrected chi connectivity index (χ3v) is 2.78. The van der Waals surface area contributed by atoms with Gasteiger partial charge in [0.15, 0.2) is 5.92 Å². The minimum absolute atomic E-state index is 0.403. The van der Waals surface area contributed by atoms with E-state index >= 15 is 0 Å². The van der Waals surface area contributed by atoms with Crippen LogP contribution in [0, 0.1) is 11.7 Å². The minimum Gasteiger partial charge on any atom is -0.468 e. The van der Waals surface area contributed by atoms with Crippen molar-refractivity contribution in [3.63, 3.8) is 0 Å². The van der Waals surface area contributed by atoms with Crippen molar-refractivity contribution in [2.24, 2.45) is 5.92 Å². The molecule has 0 heterocycles. The number of allylic oxidation sites excluding steroid dienone is 1. The Hall–Kier alpha value is -2.17. The average molecular weight is 266 g/mol. The van der Waals surface area contributed by atoms with Gasteiger partial charge in [0.1, 0.15) is 5.82 Å². The van der Waals surface area contributed by atoms with Gasteiger partial charge in [0.25, 0.3) is 0 Å². The summed E-state index contributed by atoms with van der Waals surface area (Å²) in [5.41, 5.74) is 0.581. The fourth-order valence-corrected chi connectivity index (χ4v) is 1.79. The van der Waals surface area contributed by atoms with Gasteiger partial charge in [-0.15, -0.1) is 6.58 Å². The summed E-state index contributed by atoms with van der Waals surface area (Å²) in [6.45, 7) is 3.60. The van der Waals surface area contributed by atoms with Crippen LogP contribution in [0.2, 0.25) is 0 Å². The smallest absolute Gasteiger partial charge is 0.321 e. The molecule has 102 valence electrons. The summed E-state index contributed by atoms with van der Waals surface area (Å²) >= 11 is 0. The number of methoxy groups -OCH3 is 2. The monoisotopic (exact) mass is 266 g/mol. The SMILES string of the molecule is C=C[C@@H](c1ccc(F)cc1)C(C(=O)OC)C(=O)OC. The van der Waals surface area contributed by atoms with Crippen molar-refractivity contribution in [3.8, 4) is 0 Å². The maximum atomic E-state index is 12.9. The van der Waals surface area contributed by atoms with Gasteiger partial charge in [-0.3, -0.25) is 9.59 Å². The number of halogens is 1. The van der Waals surface area contributed by atoms with Crippen LogP contribution in [0.3, 0.4) is 0 Å². The largest absolute Gasteiger partial charge is 0.468 e. The lowest BCUT2D eigenvalue weighted by Gasteiger charge is -2.20. The Morgan fingerprint density at radius 1 is 1.16 bits per heavy atom. The molecule has 0 fully saturated rings. The first-order valence-corrected chi connectivity index (χ1v) is 5.58. The van der Waals surface area contributed by atoms with Crippen molar-refractivity contribution >= 4 is 11.9 Å². The molecule has 0 bridgehead atoms. The maximum absolute atomic E-state index is 12.9. The molecule has 1 rings (SSSR count). The number of carbonyl (C=O) groups is 2. The summed E-state index contributed by atoms with van der Waals surface area (Å²) in [7, 11) is 2.37. The van der Waals surface area contributed by atoms with Crippen LogP contribution in [0.1, 0.15) is 11.5 Å². The molecule has 0 saturated heterocycles. The molecule has 0 aliphatic carbocycles. The molecule has 19 heavy (non-hydrogen) atoms. The van der Waals surface area contributed by atoms with Crippen molar-refractivity contribution in [2.45, 2.75) is 5.92 Å². The number of hydrogen-bond acceptors (Lipinski definition) is 4. The molecule has 0 N–H and O–H groups in total. The highest BCUT2D eigenvalue weighted by molar-refractivity contribution is 5.96. The quantitative estimate of drug-likeness (QED) is 0.465. The molecule has 0 aromatic heterocycles. The molecule has 0 aliphatic rings. The van der Waals surface area contributed by atoms with Gasteiger partial charge in [-0.05, 0) is 17.7 Å². The van der Waals surface area contributed by atoms with E-state index in [1.165, 1.54) is 44.6 Å². The normalized spacial score (nSPS) is 11.8. The summed E-state index contributed by atoms with van der Waals surface area (Å²) < 4.78 is 22.1. The minimum atomic E-state index is -1.15. The molecule has 0 radical (unpaired) electrons. The summed E-state index contributed by atoms with van der Waals surface area (Å²) in [5, 5.41) is 0. The van der Waals surface area contributed by atoms with E-state index in [0.29, 0.717) is 5.56 Å². The Balaban J connectivity index is 3.16. The van der Waals surface area contributed by atoms with Gasteiger partial charge in [0.2, 0.25) is 0 Å². The Labute approximate surface area is 110 Å². The summed E-state index contributed by atoms with van der Waals surface area (Å²) in [5.74, 6) is -3.64. The molecule has 1 atom stereocenters. The van der Waals surface area contributed by atoms with Gasteiger partial charge in [-0.25, -0.2) is 4.39 Å². The molecule has 0 aliphatic heterocycles. The van der Waals surface area contributed by atoms with Crippen LogP contribution in [0.5, 0.6) is 0 Å². The van der Waals surface area contributed by atoms with Crippen LogP contribution in [-0.4, -0.2) is 26.2 Å². The van der Waals surface area contributed by atoms with Crippen molar-refractivity contribution < 1.29 is 23.5 Å². The molecule has 4 nitrogen and oxygen atoms in total. The van der Waals surface area contributed by atoms with Crippen molar-refractivity contribution in [2.75, 3.05) is 14.2 Å². The topological polar surface area (TPSA) is 52.6 Å². The lowest BCUT2D eigenvalue weighted by Crippen LogP contribution is -2.31. The fraction of sp³-hybridized carbons (Fsp3) is 0.286. The summed E-state index contributed by atoms with van der Waals surface area (Å²) in [6, 6.07) is 5.47. The van der Waals surface area contributed by atoms with Crippen LogP contribution in [0.4, 0.5) is 4.39 Å². The van der Waals surface area contributed by atoms with E-state index in [0.717, 1.165) is 0 Å². The number of hydrogen-bond donors (Lipinski definition) is 0. The predicted octanol–water partition coefficient (Wildman–Crippen LogP) is 2.06. The van der Waals surface area contributed by atoms with Crippen LogP contribution in [-0.2, 0) is 19.1 Å². The van der Waals surface area contributed by atoms with Gasteiger partial charge < -0.3 is 9.47 Å². The van der Waals surface area contributed by atoms with E-state index in [1.807, 2.05) is 0 Å². The first-order valence-electron chi connectivity index (χ1n) is 5.58. The number of benzene rings is 1. The van der Waals surface area contributed by atoms with Crippen molar-refractivity contribution in [3.05, 3.63) is 48.3 Å². The highest BCUT2D eigenvalue weighted by atomic mass is 19.1. The Morgan fingerprint density at radius 3 is 2.00 bits per heavy atom. The Kier molecular flexibility index (Phi) is 5.23. The predicted molar refractivity (Wildman–Crippen MR) is 66.9 cm³/mol. The van der Waals surface area contributed by atoms with Crippen LogP contribution >= 0.6 is 0 Å².